The summed E-state index contributed by atoms with van der Waals surface area (Å²) in [5.74, 6) is 0. The van der Waals surface area contributed by atoms with Crippen LogP contribution in [-0.4, -0.2) is 21.2 Å². The van der Waals surface area contributed by atoms with Crippen molar-refractivity contribution in [3.63, 3.8) is 0 Å². The highest BCUT2D eigenvalue weighted by Crippen LogP contribution is 2.18. The number of hydrogen-bond acceptors (Lipinski definition) is 3. The molecule has 0 radical (unpaired) electrons. The van der Waals surface area contributed by atoms with E-state index in [0.29, 0.717) is 0 Å². The molecule has 2 aromatic rings. The highest BCUT2D eigenvalue weighted by molar-refractivity contribution is 7.98. The molecule has 0 spiro atoms. The molecule has 0 unspecified atom stereocenters. The highest BCUT2D eigenvalue weighted by atomic mass is 32.2. The summed E-state index contributed by atoms with van der Waals surface area (Å²) in [6.07, 6.45) is 2.05. The molecule has 1 aromatic heterocycles. The van der Waals surface area contributed by atoms with Gasteiger partial charge < -0.3 is 0 Å². The van der Waals surface area contributed by atoms with E-state index in [-0.39, 0.29) is 0 Å². The minimum atomic E-state index is 0.954. The van der Waals surface area contributed by atoms with E-state index in [4.69, 9.17) is 0 Å². The van der Waals surface area contributed by atoms with Gasteiger partial charge in [-0.15, -0.1) is 11.8 Å². The summed E-state index contributed by atoms with van der Waals surface area (Å²) in [6, 6.07) is 6.10. The molecule has 3 nitrogen and oxygen atoms in total. The van der Waals surface area contributed by atoms with Crippen molar-refractivity contribution in [2.45, 2.75) is 18.7 Å². The third-order valence-corrected chi connectivity index (χ3v) is 2.41. The molecular formula is C10H15N3S. The van der Waals surface area contributed by atoms with Crippen LogP contribution in [0.25, 0.3) is 11.0 Å². The van der Waals surface area contributed by atoms with E-state index in [9.17, 15) is 0 Å². The maximum Gasteiger partial charge on any atom is 0.114 e. The zero-order valence-electron chi connectivity index (χ0n) is 8.98. The Morgan fingerprint density at radius 2 is 1.79 bits per heavy atom. The van der Waals surface area contributed by atoms with E-state index in [1.807, 2.05) is 33.0 Å². The molecule has 0 atom stereocenters. The van der Waals surface area contributed by atoms with E-state index in [0.717, 1.165) is 11.0 Å². The zero-order chi connectivity index (χ0) is 10.6. The number of aryl methyl sites for hydroxylation is 1. The van der Waals surface area contributed by atoms with Gasteiger partial charge in [0, 0.05) is 11.9 Å². The molecule has 0 saturated carbocycles. The third kappa shape index (κ3) is 2.26. The fourth-order valence-corrected chi connectivity index (χ4v) is 1.56. The SMILES string of the molecule is CC.CSc1ccc2nn(C)nc2c1. The van der Waals surface area contributed by atoms with Crippen molar-refractivity contribution >= 4 is 22.8 Å². The van der Waals surface area contributed by atoms with Gasteiger partial charge in [0.15, 0.2) is 0 Å². The molecular weight excluding hydrogens is 194 g/mol. The zero-order valence-corrected chi connectivity index (χ0v) is 9.80. The largest absolute Gasteiger partial charge is 0.187 e. The van der Waals surface area contributed by atoms with Gasteiger partial charge in [-0.2, -0.15) is 15.0 Å². The molecule has 0 bridgehead atoms. The van der Waals surface area contributed by atoms with E-state index in [2.05, 4.69) is 22.5 Å². The average molecular weight is 209 g/mol. The Labute approximate surface area is 88.5 Å². The minimum Gasteiger partial charge on any atom is -0.187 e. The van der Waals surface area contributed by atoms with Crippen molar-refractivity contribution in [1.29, 1.82) is 0 Å². The molecule has 0 aliphatic heterocycles. The predicted molar refractivity (Wildman–Crippen MR) is 61.6 cm³/mol. The normalized spacial score (nSPS) is 9.71. The lowest BCUT2D eigenvalue weighted by atomic mass is 10.3. The van der Waals surface area contributed by atoms with E-state index >= 15 is 0 Å². The second-order valence-electron chi connectivity index (χ2n) is 2.54. The van der Waals surface area contributed by atoms with Crippen LogP contribution in [0.1, 0.15) is 13.8 Å². The van der Waals surface area contributed by atoms with Crippen molar-refractivity contribution in [3.05, 3.63) is 18.2 Å². The van der Waals surface area contributed by atoms with Crippen molar-refractivity contribution in [2.75, 3.05) is 6.26 Å². The molecule has 0 N–H and O–H groups in total. The maximum atomic E-state index is 4.21. The number of aromatic nitrogens is 3. The molecule has 0 amide bonds. The average Bonchev–Trinajstić information content (AvgIpc) is 2.59. The van der Waals surface area contributed by atoms with Gasteiger partial charge in [-0.1, -0.05) is 13.8 Å². The Bertz CT molecular complexity index is 409. The van der Waals surface area contributed by atoms with Gasteiger partial charge in [-0.3, -0.25) is 0 Å². The Morgan fingerprint density at radius 1 is 1.14 bits per heavy atom. The van der Waals surface area contributed by atoms with Crippen molar-refractivity contribution < 1.29 is 0 Å². The summed E-state index contributed by atoms with van der Waals surface area (Å²) in [6.45, 7) is 4.00. The van der Waals surface area contributed by atoms with E-state index in [1.165, 1.54) is 4.90 Å². The highest BCUT2D eigenvalue weighted by Gasteiger charge is 1.99. The monoisotopic (exact) mass is 209 g/mol. The van der Waals surface area contributed by atoms with Gasteiger partial charge in [0.25, 0.3) is 0 Å². The topological polar surface area (TPSA) is 30.7 Å². The number of fused-ring (bicyclic) bond motifs is 1. The summed E-state index contributed by atoms with van der Waals surface area (Å²) < 4.78 is 0. The Morgan fingerprint density at radius 3 is 2.43 bits per heavy atom. The van der Waals surface area contributed by atoms with Crippen LogP contribution in [0.15, 0.2) is 23.1 Å². The van der Waals surface area contributed by atoms with Crippen LogP contribution in [0.2, 0.25) is 0 Å². The lowest BCUT2D eigenvalue weighted by Gasteiger charge is -1.91. The predicted octanol–water partition coefficient (Wildman–Crippen LogP) is 2.72. The lowest BCUT2D eigenvalue weighted by Crippen LogP contribution is -1.90. The quantitative estimate of drug-likeness (QED) is 0.677. The van der Waals surface area contributed by atoms with Gasteiger partial charge in [-0.25, -0.2) is 0 Å². The molecule has 0 fully saturated rings. The summed E-state index contributed by atoms with van der Waals surface area (Å²) in [5, 5.41) is 8.40. The van der Waals surface area contributed by atoms with Crippen LogP contribution >= 0.6 is 11.8 Å². The van der Waals surface area contributed by atoms with Gasteiger partial charge in [0.1, 0.15) is 11.0 Å². The van der Waals surface area contributed by atoms with Crippen molar-refractivity contribution in [3.8, 4) is 0 Å². The van der Waals surface area contributed by atoms with Crippen molar-refractivity contribution in [1.82, 2.24) is 15.0 Å². The van der Waals surface area contributed by atoms with Gasteiger partial charge in [0.2, 0.25) is 0 Å². The second kappa shape index (κ2) is 5.00. The van der Waals surface area contributed by atoms with Crippen LogP contribution in [0.3, 0.4) is 0 Å². The number of rotatable bonds is 1. The molecule has 4 heteroatoms. The number of hydrogen-bond donors (Lipinski definition) is 0. The summed E-state index contributed by atoms with van der Waals surface area (Å²) in [7, 11) is 1.83. The lowest BCUT2D eigenvalue weighted by molar-refractivity contribution is 0.665. The van der Waals surface area contributed by atoms with Gasteiger partial charge in [0.05, 0.1) is 0 Å². The first-order chi connectivity index (χ1) is 6.79. The first kappa shape index (κ1) is 11.0. The fraction of sp³-hybridized carbons (Fsp3) is 0.400. The Kier molecular flexibility index (Phi) is 3.95. The van der Waals surface area contributed by atoms with Crippen LogP contribution in [0.4, 0.5) is 0 Å². The molecule has 0 aliphatic carbocycles. The first-order valence-corrected chi connectivity index (χ1v) is 5.87. The fourth-order valence-electron chi connectivity index (χ4n) is 1.13. The van der Waals surface area contributed by atoms with Gasteiger partial charge >= 0.3 is 0 Å². The summed E-state index contributed by atoms with van der Waals surface area (Å²) >= 11 is 1.72. The van der Waals surface area contributed by atoms with Crippen LogP contribution in [0, 0.1) is 0 Å². The minimum absolute atomic E-state index is 0.954. The Balaban J connectivity index is 0.000000461. The molecule has 1 heterocycles. The summed E-state index contributed by atoms with van der Waals surface area (Å²) in [5.41, 5.74) is 1.92. The second-order valence-corrected chi connectivity index (χ2v) is 3.42. The molecule has 1 aromatic carbocycles. The third-order valence-electron chi connectivity index (χ3n) is 1.69. The van der Waals surface area contributed by atoms with Gasteiger partial charge in [-0.05, 0) is 24.5 Å². The standard InChI is InChI=1S/C8H9N3S.C2H6/c1-11-9-7-4-3-6(12-2)5-8(7)10-11;1-2/h3-5H,1-2H3;1-2H3. The first-order valence-electron chi connectivity index (χ1n) is 4.64. The van der Waals surface area contributed by atoms with Crippen LogP contribution in [0.5, 0.6) is 0 Å². The summed E-state index contributed by atoms with van der Waals surface area (Å²) in [4.78, 5) is 2.82. The number of thioether (sulfide) groups is 1. The van der Waals surface area contributed by atoms with E-state index in [1.54, 1.807) is 16.6 Å². The molecule has 0 saturated heterocycles. The van der Waals surface area contributed by atoms with Crippen molar-refractivity contribution in [2.24, 2.45) is 7.05 Å². The Hall–Kier alpha value is -1.03. The molecule has 2 rings (SSSR count). The molecule has 76 valence electrons. The van der Waals surface area contributed by atoms with Crippen LogP contribution < -0.4 is 0 Å². The number of benzene rings is 1. The molecule has 0 aliphatic rings. The molecule has 14 heavy (non-hydrogen) atoms. The smallest absolute Gasteiger partial charge is 0.114 e. The van der Waals surface area contributed by atoms with Crippen LogP contribution in [-0.2, 0) is 7.05 Å². The van der Waals surface area contributed by atoms with E-state index < -0.39 is 0 Å². The number of nitrogens with zero attached hydrogens (tertiary/aromatic N) is 3. The maximum absolute atomic E-state index is 4.21.